The Balaban J connectivity index is 2.23. The molecular weight excluding hydrogens is 290 g/mol. The molecule has 126 valence electrons. The molecule has 1 aliphatic rings. The van der Waals surface area contributed by atoms with E-state index in [0.717, 1.165) is 60.8 Å². The van der Waals surface area contributed by atoms with Crippen LogP contribution in [-0.2, 0) is 4.74 Å². The zero-order chi connectivity index (χ0) is 16.7. The molecule has 1 aromatic carbocycles. The lowest BCUT2D eigenvalue weighted by atomic mass is 9.97. The van der Waals surface area contributed by atoms with Gasteiger partial charge in [-0.1, -0.05) is 12.2 Å². The van der Waals surface area contributed by atoms with Crippen LogP contribution in [0.25, 0.3) is 5.57 Å². The second-order valence-corrected chi connectivity index (χ2v) is 5.85. The Labute approximate surface area is 139 Å². The predicted molar refractivity (Wildman–Crippen MR) is 94.0 cm³/mol. The minimum Gasteiger partial charge on any atom is -0.497 e. The molecule has 0 N–H and O–H groups in total. The van der Waals surface area contributed by atoms with Gasteiger partial charge in [-0.05, 0) is 45.1 Å². The first-order valence-corrected chi connectivity index (χ1v) is 8.05. The summed E-state index contributed by atoms with van der Waals surface area (Å²) in [4.78, 5) is 2.17. The summed E-state index contributed by atoms with van der Waals surface area (Å²) in [5.41, 5.74) is 2.11. The molecule has 0 unspecified atom stereocenters. The van der Waals surface area contributed by atoms with Crippen molar-refractivity contribution in [1.29, 1.82) is 0 Å². The maximum Gasteiger partial charge on any atom is 0.127 e. The summed E-state index contributed by atoms with van der Waals surface area (Å²) < 4.78 is 17.0. The van der Waals surface area contributed by atoms with Gasteiger partial charge in [0.25, 0.3) is 0 Å². The number of methoxy groups -OCH3 is 2. The van der Waals surface area contributed by atoms with Gasteiger partial charge in [-0.2, -0.15) is 0 Å². The number of rotatable bonds is 8. The Bertz CT molecular complexity index is 576. The Morgan fingerprint density at radius 1 is 1.13 bits per heavy atom. The van der Waals surface area contributed by atoms with E-state index in [-0.39, 0.29) is 0 Å². The second kappa shape index (κ2) is 8.63. The van der Waals surface area contributed by atoms with E-state index < -0.39 is 0 Å². The van der Waals surface area contributed by atoms with Gasteiger partial charge in [0.1, 0.15) is 17.3 Å². The van der Waals surface area contributed by atoms with E-state index in [1.165, 1.54) is 0 Å². The highest BCUT2D eigenvalue weighted by Crippen LogP contribution is 2.36. The number of benzene rings is 1. The quantitative estimate of drug-likeness (QED) is 0.684. The van der Waals surface area contributed by atoms with Crippen molar-refractivity contribution in [2.45, 2.75) is 19.3 Å². The summed E-state index contributed by atoms with van der Waals surface area (Å²) in [7, 11) is 7.52. The third-order valence-corrected chi connectivity index (χ3v) is 3.85. The molecule has 1 aromatic rings. The van der Waals surface area contributed by atoms with Gasteiger partial charge in [-0.25, -0.2) is 0 Å². The van der Waals surface area contributed by atoms with E-state index in [2.05, 4.69) is 31.1 Å². The SMILES string of the molecule is COc1ccc(OC)c(C2=C(OCCCN(C)C)CCC=C2)c1. The fourth-order valence-corrected chi connectivity index (χ4v) is 2.63. The van der Waals surface area contributed by atoms with Crippen molar-refractivity contribution >= 4 is 5.57 Å². The zero-order valence-corrected chi connectivity index (χ0v) is 14.6. The number of allylic oxidation sites excluding steroid dienone is 4. The lowest BCUT2D eigenvalue weighted by molar-refractivity contribution is 0.189. The fraction of sp³-hybridized carbons (Fsp3) is 0.474. The van der Waals surface area contributed by atoms with Crippen molar-refractivity contribution in [1.82, 2.24) is 4.90 Å². The highest BCUT2D eigenvalue weighted by molar-refractivity contribution is 5.80. The van der Waals surface area contributed by atoms with E-state index in [0.29, 0.717) is 0 Å². The number of hydrogen-bond acceptors (Lipinski definition) is 4. The lowest BCUT2D eigenvalue weighted by Crippen LogP contribution is -2.15. The van der Waals surface area contributed by atoms with Gasteiger partial charge < -0.3 is 19.1 Å². The van der Waals surface area contributed by atoms with Gasteiger partial charge in [0.2, 0.25) is 0 Å². The van der Waals surface area contributed by atoms with Gasteiger partial charge in [-0.3, -0.25) is 0 Å². The second-order valence-electron chi connectivity index (χ2n) is 5.85. The summed E-state index contributed by atoms with van der Waals surface area (Å²) in [6, 6.07) is 5.85. The first-order valence-electron chi connectivity index (χ1n) is 8.05. The Kier molecular flexibility index (Phi) is 6.53. The van der Waals surface area contributed by atoms with Gasteiger partial charge in [0.05, 0.1) is 20.8 Å². The smallest absolute Gasteiger partial charge is 0.127 e. The molecule has 0 radical (unpaired) electrons. The van der Waals surface area contributed by atoms with Gasteiger partial charge >= 0.3 is 0 Å². The van der Waals surface area contributed by atoms with Crippen LogP contribution < -0.4 is 9.47 Å². The van der Waals surface area contributed by atoms with Gasteiger partial charge in [0, 0.05) is 24.1 Å². The fourth-order valence-electron chi connectivity index (χ4n) is 2.63. The molecule has 0 atom stereocenters. The Morgan fingerprint density at radius 2 is 1.96 bits per heavy atom. The molecule has 0 saturated heterocycles. The third-order valence-electron chi connectivity index (χ3n) is 3.85. The average molecular weight is 317 g/mol. The normalized spacial score (nSPS) is 14.3. The maximum absolute atomic E-state index is 6.08. The molecule has 0 amide bonds. The molecule has 0 aliphatic heterocycles. The summed E-state index contributed by atoms with van der Waals surface area (Å²) in [5, 5.41) is 0. The van der Waals surface area contributed by atoms with Crippen molar-refractivity contribution in [2.24, 2.45) is 0 Å². The summed E-state index contributed by atoms with van der Waals surface area (Å²) >= 11 is 0. The third kappa shape index (κ3) is 4.76. The van der Waals surface area contributed by atoms with Gasteiger partial charge in [0.15, 0.2) is 0 Å². The van der Waals surface area contributed by atoms with Crippen molar-refractivity contribution in [3.8, 4) is 11.5 Å². The van der Waals surface area contributed by atoms with Crippen LogP contribution in [0.3, 0.4) is 0 Å². The van der Waals surface area contributed by atoms with Crippen LogP contribution in [-0.4, -0.2) is 46.4 Å². The average Bonchev–Trinajstić information content (AvgIpc) is 2.58. The predicted octanol–water partition coefficient (Wildman–Crippen LogP) is 3.73. The minimum absolute atomic E-state index is 0.733. The Hall–Kier alpha value is -1.94. The van der Waals surface area contributed by atoms with Crippen LogP contribution >= 0.6 is 0 Å². The molecule has 0 saturated carbocycles. The van der Waals surface area contributed by atoms with Gasteiger partial charge in [-0.15, -0.1) is 0 Å². The molecular formula is C19H27NO3. The van der Waals surface area contributed by atoms with Crippen molar-refractivity contribution in [3.05, 3.63) is 41.7 Å². The topological polar surface area (TPSA) is 30.9 Å². The van der Waals surface area contributed by atoms with Crippen LogP contribution in [0.1, 0.15) is 24.8 Å². The molecule has 2 rings (SSSR count). The van der Waals surface area contributed by atoms with Crippen LogP contribution in [0.5, 0.6) is 11.5 Å². The monoisotopic (exact) mass is 317 g/mol. The van der Waals surface area contributed by atoms with Crippen LogP contribution in [0.15, 0.2) is 36.1 Å². The number of ether oxygens (including phenoxy) is 3. The molecule has 0 spiro atoms. The lowest BCUT2D eigenvalue weighted by Gasteiger charge is -2.20. The largest absolute Gasteiger partial charge is 0.497 e. The number of nitrogens with zero attached hydrogens (tertiary/aromatic N) is 1. The van der Waals surface area contributed by atoms with Crippen LogP contribution in [0.2, 0.25) is 0 Å². The van der Waals surface area contributed by atoms with Crippen molar-refractivity contribution in [2.75, 3.05) is 41.5 Å². The minimum atomic E-state index is 0.733. The molecule has 0 bridgehead atoms. The molecule has 0 aromatic heterocycles. The van der Waals surface area contributed by atoms with Crippen molar-refractivity contribution in [3.63, 3.8) is 0 Å². The highest BCUT2D eigenvalue weighted by Gasteiger charge is 2.16. The Morgan fingerprint density at radius 3 is 2.65 bits per heavy atom. The summed E-state index contributed by atoms with van der Waals surface area (Å²) in [5.74, 6) is 2.69. The van der Waals surface area contributed by atoms with E-state index in [4.69, 9.17) is 14.2 Å². The highest BCUT2D eigenvalue weighted by atomic mass is 16.5. The zero-order valence-electron chi connectivity index (χ0n) is 14.6. The first kappa shape index (κ1) is 17.4. The molecule has 4 nitrogen and oxygen atoms in total. The summed E-state index contributed by atoms with van der Waals surface area (Å²) in [6.07, 6.45) is 7.26. The van der Waals surface area contributed by atoms with E-state index in [9.17, 15) is 0 Å². The molecule has 1 aliphatic carbocycles. The molecule has 0 fully saturated rings. The van der Waals surface area contributed by atoms with E-state index in [1.807, 2.05) is 18.2 Å². The maximum atomic E-state index is 6.08. The number of hydrogen-bond donors (Lipinski definition) is 0. The van der Waals surface area contributed by atoms with E-state index >= 15 is 0 Å². The first-order chi connectivity index (χ1) is 11.2. The molecule has 23 heavy (non-hydrogen) atoms. The standard InChI is InChI=1S/C19H27NO3/c1-20(2)12-7-13-23-19-9-6-5-8-16(19)17-14-15(21-3)10-11-18(17)22-4/h5,8,10-11,14H,6-7,9,12-13H2,1-4H3. The summed E-state index contributed by atoms with van der Waals surface area (Å²) in [6.45, 7) is 1.76. The molecule has 4 heteroatoms. The van der Waals surface area contributed by atoms with Crippen LogP contribution in [0.4, 0.5) is 0 Å². The van der Waals surface area contributed by atoms with E-state index in [1.54, 1.807) is 14.2 Å². The molecule has 0 heterocycles. The van der Waals surface area contributed by atoms with Crippen LogP contribution in [0, 0.1) is 0 Å². The van der Waals surface area contributed by atoms with Crippen molar-refractivity contribution < 1.29 is 14.2 Å².